The molecule has 6 nitrogen and oxygen atoms in total. The van der Waals surface area contributed by atoms with E-state index in [0.29, 0.717) is 30.5 Å². The number of hydrogen-bond donors (Lipinski definition) is 0. The van der Waals surface area contributed by atoms with Gasteiger partial charge in [0, 0.05) is 62.8 Å². The van der Waals surface area contributed by atoms with E-state index in [9.17, 15) is 9.59 Å². The highest BCUT2D eigenvalue weighted by Crippen LogP contribution is 2.58. The molecule has 3 fully saturated rings. The molecule has 2 aromatic rings. The predicted octanol–water partition coefficient (Wildman–Crippen LogP) is 3.67. The first kappa shape index (κ1) is 22.3. The van der Waals surface area contributed by atoms with Gasteiger partial charge in [-0.15, -0.1) is 0 Å². The normalized spacial score (nSPS) is 25.3. The van der Waals surface area contributed by atoms with E-state index >= 15 is 0 Å². The summed E-state index contributed by atoms with van der Waals surface area (Å²) in [5, 5.41) is 0.993. The standard InChI is InChI=1S/C27H36N4O2/c1-4-30-14-11-27(25(30)33)19-29(17-20(2)3)18-26(27)9-12-31(13-10-26)24(32)22-15-21-7-5-6-8-23(21)28-16-22/h5-8,15-16,20H,4,9-14,17-19H2,1-3H3/t27-/m1/s1. The Balaban J connectivity index is 1.36. The maximum atomic E-state index is 13.6. The number of rotatable bonds is 4. The van der Waals surface area contributed by atoms with Crippen molar-refractivity contribution in [3.8, 4) is 0 Å². The Morgan fingerprint density at radius 1 is 1.09 bits per heavy atom. The molecule has 3 aliphatic heterocycles. The first-order valence-corrected chi connectivity index (χ1v) is 12.5. The molecule has 1 aromatic heterocycles. The summed E-state index contributed by atoms with van der Waals surface area (Å²) in [5.41, 5.74) is 1.25. The lowest BCUT2D eigenvalue weighted by Gasteiger charge is -2.47. The van der Waals surface area contributed by atoms with Gasteiger partial charge in [-0.1, -0.05) is 32.0 Å². The SMILES string of the molecule is CCN1CC[C@@]2(CN(CC(C)C)CC23CCN(C(=O)c2cnc4ccccc4c2)CC3)C1=O. The molecule has 0 radical (unpaired) electrons. The van der Waals surface area contributed by atoms with Gasteiger partial charge in [0.2, 0.25) is 5.91 Å². The molecule has 0 saturated carbocycles. The number of para-hydroxylation sites is 1. The average molecular weight is 449 g/mol. The van der Waals surface area contributed by atoms with Crippen LogP contribution in [0.2, 0.25) is 0 Å². The van der Waals surface area contributed by atoms with Crippen molar-refractivity contribution >= 4 is 22.7 Å². The number of carbonyl (C=O) groups excluding carboxylic acids is 2. The molecule has 3 aliphatic rings. The number of fused-ring (bicyclic) bond motifs is 2. The van der Waals surface area contributed by atoms with Gasteiger partial charge >= 0.3 is 0 Å². The minimum atomic E-state index is -0.280. The molecule has 176 valence electrons. The van der Waals surface area contributed by atoms with Crippen LogP contribution in [0.5, 0.6) is 0 Å². The number of aromatic nitrogens is 1. The minimum absolute atomic E-state index is 0.0265. The quantitative estimate of drug-likeness (QED) is 0.716. The van der Waals surface area contributed by atoms with Crippen LogP contribution in [0.25, 0.3) is 10.9 Å². The number of hydrogen-bond acceptors (Lipinski definition) is 4. The minimum Gasteiger partial charge on any atom is -0.342 e. The van der Waals surface area contributed by atoms with Crippen molar-refractivity contribution in [2.45, 2.75) is 40.0 Å². The van der Waals surface area contributed by atoms with E-state index in [1.54, 1.807) is 6.20 Å². The van der Waals surface area contributed by atoms with Crippen molar-refractivity contribution in [2.75, 3.05) is 45.8 Å². The van der Waals surface area contributed by atoms with Crippen molar-refractivity contribution in [1.82, 2.24) is 19.7 Å². The molecule has 33 heavy (non-hydrogen) atoms. The van der Waals surface area contributed by atoms with Gasteiger partial charge in [-0.05, 0) is 44.2 Å². The maximum Gasteiger partial charge on any atom is 0.255 e. The highest BCUT2D eigenvalue weighted by Gasteiger charge is 2.64. The molecule has 5 rings (SSSR count). The van der Waals surface area contributed by atoms with Crippen LogP contribution < -0.4 is 0 Å². The third-order valence-corrected chi connectivity index (χ3v) is 8.39. The van der Waals surface area contributed by atoms with Gasteiger partial charge in [-0.25, -0.2) is 0 Å². The molecule has 3 saturated heterocycles. The van der Waals surface area contributed by atoms with E-state index < -0.39 is 0 Å². The largest absolute Gasteiger partial charge is 0.342 e. The van der Waals surface area contributed by atoms with Gasteiger partial charge in [0.1, 0.15) is 0 Å². The van der Waals surface area contributed by atoms with Crippen LogP contribution in [0.1, 0.15) is 50.4 Å². The molecule has 0 unspecified atom stereocenters. The third-order valence-electron chi connectivity index (χ3n) is 8.39. The van der Waals surface area contributed by atoms with E-state index in [4.69, 9.17) is 0 Å². The summed E-state index contributed by atoms with van der Waals surface area (Å²) in [7, 11) is 0. The second-order valence-corrected chi connectivity index (χ2v) is 10.8. The lowest BCUT2D eigenvalue weighted by Crippen LogP contribution is -2.53. The summed E-state index contributed by atoms with van der Waals surface area (Å²) in [4.78, 5) is 38.0. The van der Waals surface area contributed by atoms with Crippen LogP contribution >= 0.6 is 0 Å². The summed E-state index contributed by atoms with van der Waals surface area (Å²) >= 11 is 0. The number of nitrogens with zero attached hydrogens (tertiary/aromatic N) is 4. The molecule has 4 heterocycles. The van der Waals surface area contributed by atoms with Crippen molar-refractivity contribution < 1.29 is 9.59 Å². The summed E-state index contributed by atoms with van der Waals surface area (Å²) in [6.07, 6.45) is 4.46. The maximum absolute atomic E-state index is 13.6. The second kappa shape index (κ2) is 8.39. The number of benzene rings is 1. The van der Waals surface area contributed by atoms with Crippen LogP contribution in [-0.2, 0) is 4.79 Å². The van der Waals surface area contributed by atoms with Gasteiger partial charge in [0.25, 0.3) is 5.91 Å². The molecule has 6 heteroatoms. The number of likely N-dealkylation sites (tertiary alicyclic amines) is 3. The number of piperidine rings is 1. The summed E-state index contributed by atoms with van der Waals surface area (Å²) in [6, 6.07) is 9.86. The fourth-order valence-corrected chi connectivity index (χ4v) is 6.75. The van der Waals surface area contributed by atoms with Gasteiger partial charge < -0.3 is 14.7 Å². The summed E-state index contributed by atoms with van der Waals surface area (Å²) in [6.45, 7) is 12.6. The first-order chi connectivity index (χ1) is 15.9. The van der Waals surface area contributed by atoms with E-state index in [2.05, 4.69) is 35.6 Å². The smallest absolute Gasteiger partial charge is 0.255 e. The van der Waals surface area contributed by atoms with Gasteiger partial charge in [-0.2, -0.15) is 0 Å². The van der Waals surface area contributed by atoms with Crippen molar-refractivity contribution in [1.29, 1.82) is 0 Å². The van der Waals surface area contributed by atoms with Gasteiger partial charge in [0.15, 0.2) is 0 Å². The van der Waals surface area contributed by atoms with Crippen LogP contribution in [0.4, 0.5) is 0 Å². The van der Waals surface area contributed by atoms with Crippen molar-refractivity contribution in [3.63, 3.8) is 0 Å². The van der Waals surface area contributed by atoms with Gasteiger partial charge in [-0.3, -0.25) is 14.6 Å². The fourth-order valence-electron chi connectivity index (χ4n) is 6.75. The van der Waals surface area contributed by atoms with E-state index in [1.807, 2.05) is 35.2 Å². The second-order valence-electron chi connectivity index (χ2n) is 10.8. The Hall–Kier alpha value is -2.47. The lowest BCUT2D eigenvalue weighted by molar-refractivity contribution is -0.141. The van der Waals surface area contributed by atoms with E-state index in [0.717, 1.165) is 62.9 Å². The third kappa shape index (κ3) is 3.63. The average Bonchev–Trinajstić information content (AvgIpc) is 3.29. The Bertz CT molecular complexity index is 1060. The highest BCUT2D eigenvalue weighted by atomic mass is 16.2. The molecular formula is C27H36N4O2. The van der Waals surface area contributed by atoms with Crippen LogP contribution in [0, 0.1) is 16.7 Å². The Kier molecular flexibility index (Phi) is 5.68. The molecule has 0 bridgehead atoms. The molecule has 2 spiro atoms. The number of pyridine rings is 1. The zero-order valence-electron chi connectivity index (χ0n) is 20.2. The topological polar surface area (TPSA) is 56.8 Å². The molecule has 0 aliphatic carbocycles. The molecule has 1 atom stereocenters. The molecule has 2 amide bonds. The molecule has 1 aromatic carbocycles. The Labute approximate surface area is 196 Å². The fraction of sp³-hybridized carbons (Fsp3) is 0.593. The zero-order chi connectivity index (χ0) is 23.2. The van der Waals surface area contributed by atoms with Crippen molar-refractivity contribution in [2.24, 2.45) is 16.7 Å². The first-order valence-electron chi connectivity index (χ1n) is 12.5. The number of amides is 2. The van der Waals surface area contributed by atoms with Gasteiger partial charge in [0.05, 0.1) is 16.5 Å². The molecular weight excluding hydrogens is 412 g/mol. The van der Waals surface area contributed by atoms with Crippen LogP contribution in [0.3, 0.4) is 0 Å². The van der Waals surface area contributed by atoms with Crippen LogP contribution in [0.15, 0.2) is 36.5 Å². The summed E-state index contributed by atoms with van der Waals surface area (Å²) in [5.74, 6) is 0.995. The van der Waals surface area contributed by atoms with E-state index in [-0.39, 0.29) is 16.7 Å². The predicted molar refractivity (Wildman–Crippen MR) is 130 cm³/mol. The molecule has 0 N–H and O–H groups in total. The Morgan fingerprint density at radius 2 is 1.85 bits per heavy atom. The zero-order valence-corrected chi connectivity index (χ0v) is 20.2. The summed E-state index contributed by atoms with van der Waals surface area (Å²) < 4.78 is 0. The van der Waals surface area contributed by atoms with E-state index in [1.165, 1.54) is 0 Å². The number of carbonyl (C=O) groups is 2. The Morgan fingerprint density at radius 3 is 2.55 bits per heavy atom. The lowest BCUT2D eigenvalue weighted by atomic mass is 9.60. The monoisotopic (exact) mass is 448 g/mol. The van der Waals surface area contributed by atoms with Crippen molar-refractivity contribution in [3.05, 3.63) is 42.1 Å². The van der Waals surface area contributed by atoms with Crippen LogP contribution in [-0.4, -0.2) is 77.3 Å². The highest BCUT2D eigenvalue weighted by molar-refractivity contribution is 5.97.